The molecule has 0 saturated carbocycles. The molecule has 1 heterocycles. The van der Waals surface area contributed by atoms with Gasteiger partial charge in [-0.1, -0.05) is 13.8 Å². The number of ether oxygens (including phenoxy) is 1. The molecule has 1 aromatic rings. The first kappa shape index (κ1) is 23.5. The lowest BCUT2D eigenvalue weighted by Gasteiger charge is -2.11. The molecule has 0 aliphatic heterocycles. The first-order valence-electron chi connectivity index (χ1n) is 7.46. The molecule has 10 heteroatoms. The van der Waals surface area contributed by atoms with Gasteiger partial charge in [0.1, 0.15) is 14.8 Å². The van der Waals surface area contributed by atoms with Gasteiger partial charge in [-0.15, -0.1) is 35.3 Å². The normalized spacial score (nSPS) is 12.1. The van der Waals surface area contributed by atoms with Crippen LogP contribution in [0.1, 0.15) is 30.5 Å². The molecule has 7 nitrogen and oxygen atoms in total. The Kier molecular flexibility index (Phi) is 11.8. The number of guanidine groups is 1. The predicted molar refractivity (Wildman–Crippen MR) is 110 cm³/mol. The summed E-state index contributed by atoms with van der Waals surface area (Å²) in [6, 6.07) is 0. The molecule has 0 radical (unpaired) electrons. The van der Waals surface area contributed by atoms with E-state index in [4.69, 9.17) is 4.74 Å². The summed E-state index contributed by atoms with van der Waals surface area (Å²) >= 11 is 1.63. The number of rotatable bonds is 9. The van der Waals surface area contributed by atoms with Crippen molar-refractivity contribution >= 4 is 51.1 Å². The number of thiazole rings is 1. The van der Waals surface area contributed by atoms with Crippen LogP contribution < -0.4 is 10.6 Å². The topological polar surface area (TPSA) is 92.7 Å². The second kappa shape index (κ2) is 12.0. The third-order valence-corrected chi connectivity index (χ3v) is 4.70. The van der Waals surface area contributed by atoms with E-state index in [2.05, 4.69) is 39.8 Å². The van der Waals surface area contributed by atoms with E-state index in [1.165, 1.54) is 6.26 Å². The standard InChI is InChI=1S/C14H26N4O3S2.HI/c1-11(2)12-10-22-13(18-12)9-17-14(15-3)16-5-6-21-7-8-23(4,19)20;/h10-11H,5-9H2,1-4H3,(H2,15,16,17);1H. The minimum absolute atomic E-state index is 0. The molecule has 0 bridgehead atoms. The van der Waals surface area contributed by atoms with Gasteiger partial charge in [0.25, 0.3) is 0 Å². The molecule has 0 aliphatic carbocycles. The van der Waals surface area contributed by atoms with Crippen LogP contribution in [0.5, 0.6) is 0 Å². The Morgan fingerprint density at radius 2 is 2.08 bits per heavy atom. The number of aliphatic imine (C=N–C) groups is 1. The number of halogens is 1. The highest BCUT2D eigenvalue weighted by molar-refractivity contribution is 14.0. The molecule has 0 saturated heterocycles. The largest absolute Gasteiger partial charge is 0.379 e. The summed E-state index contributed by atoms with van der Waals surface area (Å²) in [5, 5.41) is 9.39. The van der Waals surface area contributed by atoms with E-state index in [0.29, 0.717) is 31.6 Å². The van der Waals surface area contributed by atoms with Crippen LogP contribution in [0.2, 0.25) is 0 Å². The zero-order valence-corrected chi connectivity index (χ0v) is 18.5. The monoisotopic (exact) mass is 490 g/mol. The van der Waals surface area contributed by atoms with Gasteiger partial charge in [-0.2, -0.15) is 0 Å². The highest BCUT2D eigenvalue weighted by atomic mass is 127. The van der Waals surface area contributed by atoms with Crippen molar-refractivity contribution in [3.05, 3.63) is 16.1 Å². The number of aromatic nitrogens is 1. The van der Waals surface area contributed by atoms with Gasteiger partial charge in [0.15, 0.2) is 5.96 Å². The van der Waals surface area contributed by atoms with Gasteiger partial charge in [0, 0.05) is 25.2 Å². The van der Waals surface area contributed by atoms with E-state index in [9.17, 15) is 8.42 Å². The molecule has 0 unspecified atom stereocenters. The minimum atomic E-state index is -2.96. The summed E-state index contributed by atoms with van der Waals surface area (Å²) in [6.07, 6.45) is 1.20. The van der Waals surface area contributed by atoms with Gasteiger partial charge < -0.3 is 15.4 Å². The Morgan fingerprint density at radius 1 is 1.38 bits per heavy atom. The van der Waals surface area contributed by atoms with E-state index >= 15 is 0 Å². The molecule has 0 fully saturated rings. The molecular weight excluding hydrogens is 463 g/mol. The Labute approximate surface area is 165 Å². The Bertz CT molecular complexity index is 603. The first-order valence-corrected chi connectivity index (χ1v) is 10.4. The zero-order chi connectivity index (χ0) is 17.3. The third-order valence-electron chi connectivity index (χ3n) is 2.93. The number of hydrogen-bond donors (Lipinski definition) is 2. The summed E-state index contributed by atoms with van der Waals surface area (Å²) in [5.41, 5.74) is 1.11. The molecule has 0 amide bonds. The van der Waals surface area contributed by atoms with Crippen LogP contribution in [0, 0.1) is 0 Å². The smallest absolute Gasteiger partial charge is 0.191 e. The van der Waals surface area contributed by atoms with Crippen molar-refractivity contribution in [1.82, 2.24) is 15.6 Å². The molecular formula is C14H27IN4O3S2. The lowest BCUT2D eigenvalue weighted by atomic mass is 10.2. The van der Waals surface area contributed by atoms with E-state index in [1.54, 1.807) is 18.4 Å². The van der Waals surface area contributed by atoms with Gasteiger partial charge in [0.2, 0.25) is 0 Å². The average Bonchev–Trinajstić information content (AvgIpc) is 2.93. The number of hydrogen-bond acceptors (Lipinski definition) is 6. The summed E-state index contributed by atoms with van der Waals surface area (Å²) in [4.78, 5) is 8.67. The van der Waals surface area contributed by atoms with Crippen molar-refractivity contribution in [2.45, 2.75) is 26.3 Å². The molecule has 1 rings (SSSR count). The number of nitrogens with zero attached hydrogens (tertiary/aromatic N) is 2. The van der Waals surface area contributed by atoms with E-state index in [1.807, 2.05) is 0 Å². The molecule has 1 aromatic heterocycles. The van der Waals surface area contributed by atoms with Crippen LogP contribution in [0.15, 0.2) is 10.4 Å². The van der Waals surface area contributed by atoms with Crippen molar-refractivity contribution in [2.24, 2.45) is 4.99 Å². The maximum Gasteiger partial charge on any atom is 0.191 e. The predicted octanol–water partition coefficient (Wildman–Crippen LogP) is 1.61. The van der Waals surface area contributed by atoms with Crippen LogP contribution >= 0.6 is 35.3 Å². The SMILES string of the molecule is CN=C(NCCOCCS(C)(=O)=O)NCc1nc(C(C)C)cs1.I. The van der Waals surface area contributed by atoms with Gasteiger partial charge in [0.05, 0.1) is 31.2 Å². The maximum atomic E-state index is 11.0. The van der Waals surface area contributed by atoms with Gasteiger partial charge >= 0.3 is 0 Å². The van der Waals surface area contributed by atoms with Crippen LogP contribution in [-0.2, 0) is 21.1 Å². The fourth-order valence-corrected chi connectivity index (χ4v) is 2.92. The fourth-order valence-electron chi connectivity index (χ4n) is 1.61. The van der Waals surface area contributed by atoms with E-state index in [-0.39, 0.29) is 36.3 Å². The van der Waals surface area contributed by atoms with Crippen molar-refractivity contribution in [3.8, 4) is 0 Å². The molecule has 140 valence electrons. The van der Waals surface area contributed by atoms with Crippen molar-refractivity contribution in [1.29, 1.82) is 0 Å². The van der Waals surface area contributed by atoms with Gasteiger partial charge in [-0.25, -0.2) is 13.4 Å². The molecule has 0 aliphatic rings. The number of nitrogens with one attached hydrogen (secondary N) is 2. The lowest BCUT2D eigenvalue weighted by molar-refractivity contribution is 0.154. The lowest BCUT2D eigenvalue weighted by Crippen LogP contribution is -2.38. The van der Waals surface area contributed by atoms with Crippen molar-refractivity contribution in [3.63, 3.8) is 0 Å². The average molecular weight is 490 g/mol. The Balaban J connectivity index is 0.00000529. The van der Waals surface area contributed by atoms with Crippen molar-refractivity contribution < 1.29 is 13.2 Å². The highest BCUT2D eigenvalue weighted by Crippen LogP contribution is 2.17. The molecule has 0 aromatic carbocycles. The summed E-state index contributed by atoms with van der Waals surface area (Å²) in [6.45, 7) is 6.05. The molecule has 0 spiro atoms. The Morgan fingerprint density at radius 3 is 2.62 bits per heavy atom. The maximum absolute atomic E-state index is 11.0. The second-order valence-electron chi connectivity index (χ2n) is 5.42. The van der Waals surface area contributed by atoms with Gasteiger partial charge in [-0.3, -0.25) is 4.99 Å². The highest BCUT2D eigenvalue weighted by Gasteiger charge is 2.06. The number of sulfone groups is 1. The van der Waals surface area contributed by atoms with Crippen LogP contribution in [0.4, 0.5) is 0 Å². The summed E-state index contributed by atoms with van der Waals surface area (Å²) in [5.74, 6) is 1.14. The second-order valence-corrected chi connectivity index (χ2v) is 8.62. The molecule has 2 N–H and O–H groups in total. The minimum Gasteiger partial charge on any atom is -0.379 e. The summed E-state index contributed by atoms with van der Waals surface area (Å²) < 4.78 is 27.2. The third kappa shape index (κ3) is 10.4. The van der Waals surface area contributed by atoms with E-state index in [0.717, 1.165) is 10.7 Å². The van der Waals surface area contributed by atoms with Crippen molar-refractivity contribution in [2.75, 3.05) is 38.8 Å². The van der Waals surface area contributed by atoms with Gasteiger partial charge in [-0.05, 0) is 5.92 Å². The van der Waals surface area contributed by atoms with E-state index < -0.39 is 9.84 Å². The molecule has 24 heavy (non-hydrogen) atoms. The first-order chi connectivity index (χ1) is 10.8. The van der Waals surface area contributed by atoms with Crippen LogP contribution in [0.25, 0.3) is 0 Å². The van der Waals surface area contributed by atoms with Crippen LogP contribution in [-0.4, -0.2) is 58.2 Å². The molecule has 0 atom stereocenters. The fraction of sp³-hybridized carbons (Fsp3) is 0.714. The quantitative estimate of drug-likeness (QED) is 0.237. The van der Waals surface area contributed by atoms with Crippen LogP contribution in [0.3, 0.4) is 0 Å². The zero-order valence-electron chi connectivity index (χ0n) is 14.5. The Hall–Kier alpha value is -0.460. The summed E-state index contributed by atoms with van der Waals surface area (Å²) in [7, 11) is -1.27.